The summed E-state index contributed by atoms with van der Waals surface area (Å²) in [5.74, 6) is -1.92. The zero-order valence-electron chi connectivity index (χ0n) is 18.6. The molecule has 0 radical (unpaired) electrons. The van der Waals surface area contributed by atoms with Crippen LogP contribution < -0.4 is 0 Å². The van der Waals surface area contributed by atoms with E-state index in [4.69, 9.17) is 0 Å². The summed E-state index contributed by atoms with van der Waals surface area (Å²) in [5.41, 5.74) is 0.838. The molecule has 0 aliphatic heterocycles. The molecular formula is C26H34F2N2O2. The Morgan fingerprint density at radius 3 is 1.28 bits per heavy atom. The van der Waals surface area contributed by atoms with E-state index in [-0.39, 0.29) is 11.5 Å². The van der Waals surface area contributed by atoms with Gasteiger partial charge in [-0.2, -0.15) is 0 Å². The van der Waals surface area contributed by atoms with Gasteiger partial charge in [0.2, 0.25) is 0 Å². The number of aromatic hydroxyl groups is 2. The maximum Gasteiger partial charge on any atom is 0.165 e. The van der Waals surface area contributed by atoms with Crippen molar-refractivity contribution < 1.29 is 19.0 Å². The van der Waals surface area contributed by atoms with Gasteiger partial charge in [0, 0.05) is 36.6 Å². The lowest BCUT2D eigenvalue weighted by atomic mass is 10.1. The van der Waals surface area contributed by atoms with E-state index in [1.54, 1.807) is 24.3 Å². The third-order valence-electron chi connectivity index (χ3n) is 5.32. The molecule has 0 saturated heterocycles. The summed E-state index contributed by atoms with van der Waals surface area (Å²) in [5, 5.41) is 19.2. The van der Waals surface area contributed by atoms with Crippen LogP contribution in [0.15, 0.2) is 46.4 Å². The van der Waals surface area contributed by atoms with E-state index in [1.165, 1.54) is 63.1 Å². The maximum absolute atomic E-state index is 13.2. The fraction of sp³-hybridized carbons (Fsp3) is 0.462. The van der Waals surface area contributed by atoms with Gasteiger partial charge in [0.25, 0.3) is 0 Å². The summed E-state index contributed by atoms with van der Waals surface area (Å²) in [4.78, 5) is 8.53. The Morgan fingerprint density at radius 1 is 0.562 bits per heavy atom. The highest BCUT2D eigenvalue weighted by atomic mass is 19.1. The van der Waals surface area contributed by atoms with Crippen LogP contribution in [0.3, 0.4) is 0 Å². The van der Waals surface area contributed by atoms with Gasteiger partial charge in [-0.3, -0.25) is 9.98 Å². The lowest BCUT2D eigenvalue weighted by molar-refractivity contribution is 0.431. The minimum atomic E-state index is -0.621. The predicted molar refractivity (Wildman–Crippen MR) is 127 cm³/mol. The Bertz CT molecular complexity index is 797. The number of unbranched alkanes of at least 4 members (excludes halogenated alkanes) is 9. The molecule has 0 saturated carbocycles. The van der Waals surface area contributed by atoms with Crippen molar-refractivity contribution in [1.29, 1.82) is 0 Å². The van der Waals surface area contributed by atoms with Crippen LogP contribution in [0.2, 0.25) is 0 Å². The zero-order chi connectivity index (χ0) is 23.0. The quantitative estimate of drug-likeness (QED) is 0.234. The molecule has 6 heteroatoms. The molecule has 0 amide bonds. The third-order valence-corrected chi connectivity index (χ3v) is 5.32. The second kappa shape index (κ2) is 15.1. The number of phenols is 2. The third kappa shape index (κ3) is 9.58. The van der Waals surface area contributed by atoms with Gasteiger partial charge in [0.15, 0.2) is 23.1 Å². The molecule has 2 aromatic carbocycles. The van der Waals surface area contributed by atoms with Crippen LogP contribution in [0.25, 0.3) is 0 Å². The Kier molecular flexibility index (Phi) is 12.0. The van der Waals surface area contributed by atoms with Gasteiger partial charge in [-0.15, -0.1) is 0 Å². The van der Waals surface area contributed by atoms with Gasteiger partial charge in [-0.25, -0.2) is 8.78 Å². The van der Waals surface area contributed by atoms with Gasteiger partial charge in [-0.05, 0) is 37.1 Å². The number of benzene rings is 2. The zero-order valence-corrected chi connectivity index (χ0v) is 18.6. The molecular weight excluding hydrogens is 410 g/mol. The summed E-state index contributed by atoms with van der Waals surface area (Å²) in [7, 11) is 0. The molecule has 0 spiro atoms. The molecule has 0 aromatic heterocycles. The van der Waals surface area contributed by atoms with Crippen molar-refractivity contribution >= 4 is 12.4 Å². The molecule has 0 heterocycles. The first-order chi connectivity index (χ1) is 15.6. The molecule has 2 rings (SSSR count). The smallest absolute Gasteiger partial charge is 0.165 e. The number of hydrogen-bond donors (Lipinski definition) is 2. The Hall–Kier alpha value is -2.76. The van der Waals surface area contributed by atoms with Crippen LogP contribution in [0.4, 0.5) is 8.78 Å². The van der Waals surface area contributed by atoms with Gasteiger partial charge in [0.1, 0.15) is 0 Å². The minimum absolute atomic E-state index is 0.340. The van der Waals surface area contributed by atoms with Crippen molar-refractivity contribution in [3.05, 3.63) is 59.2 Å². The fourth-order valence-electron chi connectivity index (χ4n) is 3.42. The van der Waals surface area contributed by atoms with Gasteiger partial charge >= 0.3 is 0 Å². The molecule has 0 atom stereocenters. The molecule has 0 aliphatic rings. The molecule has 2 N–H and O–H groups in total. The fourth-order valence-corrected chi connectivity index (χ4v) is 3.42. The molecule has 2 aromatic rings. The lowest BCUT2D eigenvalue weighted by Crippen LogP contribution is -1.89. The van der Waals surface area contributed by atoms with Gasteiger partial charge in [0.05, 0.1) is 0 Å². The van der Waals surface area contributed by atoms with Crippen molar-refractivity contribution in [2.75, 3.05) is 13.1 Å². The summed E-state index contributed by atoms with van der Waals surface area (Å²) in [6, 6.07) is 8.87. The van der Waals surface area contributed by atoms with E-state index in [0.29, 0.717) is 24.2 Å². The first-order valence-corrected chi connectivity index (χ1v) is 11.5. The van der Waals surface area contributed by atoms with E-state index >= 15 is 0 Å². The molecule has 174 valence electrons. The highest BCUT2D eigenvalue weighted by molar-refractivity contribution is 5.83. The van der Waals surface area contributed by atoms with E-state index in [1.807, 2.05) is 0 Å². The highest BCUT2D eigenvalue weighted by Gasteiger charge is 2.04. The van der Waals surface area contributed by atoms with Crippen molar-refractivity contribution in [3.8, 4) is 11.5 Å². The Morgan fingerprint density at radius 2 is 0.906 bits per heavy atom. The number of aliphatic imine (C=N–C) groups is 2. The Balaban J connectivity index is 1.39. The van der Waals surface area contributed by atoms with E-state index in [9.17, 15) is 19.0 Å². The van der Waals surface area contributed by atoms with Gasteiger partial charge < -0.3 is 10.2 Å². The average molecular weight is 445 g/mol. The van der Waals surface area contributed by atoms with Crippen LogP contribution in [0.5, 0.6) is 11.5 Å². The molecule has 4 nitrogen and oxygen atoms in total. The number of hydrogen-bond acceptors (Lipinski definition) is 4. The normalized spacial score (nSPS) is 11.7. The molecule has 32 heavy (non-hydrogen) atoms. The molecule has 0 bridgehead atoms. The van der Waals surface area contributed by atoms with Crippen molar-refractivity contribution in [3.63, 3.8) is 0 Å². The predicted octanol–water partition coefficient (Wildman–Crippen LogP) is 6.82. The van der Waals surface area contributed by atoms with Crippen molar-refractivity contribution in [2.45, 2.75) is 64.2 Å². The SMILES string of the molecule is Oc1c(F)cccc1C=NCCCCCCCCCCCCN=Cc1cccc(F)c1O. The van der Waals surface area contributed by atoms with Crippen LogP contribution in [0, 0.1) is 11.6 Å². The second-order valence-electron chi connectivity index (χ2n) is 7.96. The number of rotatable bonds is 15. The molecule has 0 unspecified atom stereocenters. The number of phenolic OH excluding ortho intramolecular Hbond substituents is 2. The van der Waals surface area contributed by atoms with Crippen LogP contribution in [0.1, 0.15) is 75.3 Å². The highest BCUT2D eigenvalue weighted by Crippen LogP contribution is 2.19. The monoisotopic (exact) mass is 444 g/mol. The van der Waals surface area contributed by atoms with Crippen LogP contribution in [-0.4, -0.2) is 35.7 Å². The molecule has 0 aliphatic carbocycles. The largest absolute Gasteiger partial charge is 0.504 e. The molecule has 0 fully saturated rings. The summed E-state index contributed by atoms with van der Waals surface area (Å²) < 4.78 is 26.4. The summed E-state index contributed by atoms with van der Waals surface area (Å²) in [6.45, 7) is 1.38. The number of halogens is 2. The number of nitrogens with zero attached hydrogens (tertiary/aromatic N) is 2. The second-order valence-corrected chi connectivity index (χ2v) is 7.96. The van der Waals surface area contributed by atoms with Crippen molar-refractivity contribution in [1.82, 2.24) is 0 Å². The lowest BCUT2D eigenvalue weighted by Gasteiger charge is -2.02. The van der Waals surface area contributed by atoms with Crippen LogP contribution >= 0.6 is 0 Å². The first-order valence-electron chi connectivity index (χ1n) is 11.5. The average Bonchev–Trinajstić information content (AvgIpc) is 2.79. The van der Waals surface area contributed by atoms with E-state index in [0.717, 1.165) is 25.7 Å². The number of para-hydroxylation sites is 2. The van der Waals surface area contributed by atoms with Gasteiger partial charge in [-0.1, -0.05) is 63.5 Å². The van der Waals surface area contributed by atoms with E-state index < -0.39 is 11.6 Å². The summed E-state index contributed by atoms with van der Waals surface area (Å²) in [6.07, 6.45) is 14.7. The standard InChI is InChI=1S/C26H34F2N2O2/c27-23-15-11-13-21(25(23)31)19-29-17-9-7-5-3-1-2-4-6-8-10-18-30-20-22-14-12-16-24(28)26(22)32/h11-16,19-20,31-32H,1-10,17-18H2. The summed E-state index contributed by atoms with van der Waals surface area (Å²) >= 11 is 0. The first kappa shape index (κ1) is 25.5. The minimum Gasteiger partial charge on any atom is -0.504 e. The maximum atomic E-state index is 13.2. The van der Waals surface area contributed by atoms with E-state index in [2.05, 4.69) is 9.98 Å². The topological polar surface area (TPSA) is 65.2 Å². The van der Waals surface area contributed by atoms with Crippen molar-refractivity contribution in [2.24, 2.45) is 9.98 Å². The van der Waals surface area contributed by atoms with Crippen LogP contribution in [-0.2, 0) is 0 Å². The Labute approximate surface area is 189 Å².